The molecule has 1 N–H and O–H groups in total. The smallest absolute Gasteiger partial charge is 0.192 e. The molecule has 0 amide bonds. The highest BCUT2D eigenvalue weighted by Crippen LogP contribution is 2.62. The maximum Gasteiger partial charge on any atom is 0.192 e. The topological polar surface area (TPSA) is 47.9 Å². The SMILES string of the molecule is COC(C)OCOc1c(C23CC4CC(CC(C4)C2)C3)ccc(O)c1C#Cc1ccccc1. The highest BCUT2D eigenvalue weighted by Gasteiger charge is 2.52. The first kappa shape index (κ1) is 21.4. The monoisotopic (exact) mass is 432 g/mol. The molecule has 4 aliphatic rings. The van der Waals surface area contributed by atoms with Gasteiger partial charge in [0.2, 0.25) is 0 Å². The fourth-order valence-corrected chi connectivity index (χ4v) is 6.61. The van der Waals surface area contributed by atoms with Gasteiger partial charge in [-0.05, 0) is 86.8 Å². The molecule has 0 saturated heterocycles. The third kappa shape index (κ3) is 4.12. The van der Waals surface area contributed by atoms with E-state index in [0.717, 1.165) is 23.3 Å². The Morgan fingerprint density at radius 2 is 1.62 bits per heavy atom. The quantitative estimate of drug-likeness (QED) is 0.476. The standard InChI is InChI=1S/C28H32O4/c1-19(30-2)31-18-32-27-24(9-8-20-6-4-3-5-7-20)26(29)11-10-25(27)28-15-21-12-22(16-28)14-23(13-21)17-28/h3-7,10-11,19,21-23,29H,12-18H2,1-2H3. The molecule has 1 unspecified atom stereocenters. The van der Waals surface area contributed by atoms with E-state index < -0.39 is 0 Å². The molecule has 4 aliphatic carbocycles. The summed E-state index contributed by atoms with van der Waals surface area (Å²) in [5, 5.41) is 10.8. The van der Waals surface area contributed by atoms with Gasteiger partial charge >= 0.3 is 0 Å². The second kappa shape index (κ2) is 8.81. The average molecular weight is 433 g/mol. The first-order chi connectivity index (χ1) is 15.6. The Balaban J connectivity index is 1.55. The van der Waals surface area contributed by atoms with Crippen molar-refractivity contribution in [2.75, 3.05) is 13.9 Å². The first-order valence-corrected chi connectivity index (χ1v) is 11.8. The minimum Gasteiger partial charge on any atom is -0.507 e. The van der Waals surface area contributed by atoms with E-state index in [4.69, 9.17) is 14.2 Å². The summed E-state index contributed by atoms with van der Waals surface area (Å²) in [4.78, 5) is 0. The first-order valence-electron chi connectivity index (χ1n) is 11.8. The second-order valence-electron chi connectivity index (χ2n) is 9.88. The number of aromatic hydroxyl groups is 1. The van der Waals surface area contributed by atoms with E-state index in [1.165, 1.54) is 44.1 Å². The van der Waals surface area contributed by atoms with E-state index in [2.05, 4.69) is 17.9 Å². The van der Waals surface area contributed by atoms with Gasteiger partial charge in [0.1, 0.15) is 17.1 Å². The predicted molar refractivity (Wildman–Crippen MR) is 123 cm³/mol. The molecule has 0 radical (unpaired) electrons. The van der Waals surface area contributed by atoms with Crippen LogP contribution < -0.4 is 4.74 Å². The van der Waals surface area contributed by atoms with Crippen molar-refractivity contribution in [3.63, 3.8) is 0 Å². The van der Waals surface area contributed by atoms with Gasteiger partial charge in [0.15, 0.2) is 13.1 Å². The van der Waals surface area contributed by atoms with Crippen LogP contribution in [0.3, 0.4) is 0 Å². The van der Waals surface area contributed by atoms with Gasteiger partial charge in [-0.2, -0.15) is 0 Å². The van der Waals surface area contributed by atoms with Crippen molar-refractivity contribution in [3.8, 4) is 23.3 Å². The molecule has 6 rings (SSSR count). The van der Waals surface area contributed by atoms with Gasteiger partial charge in [0.05, 0.1) is 0 Å². The van der Waals surface area contributed by atoms with Crippen molar-refractivity contribution < 1.29 is 19.3 Å². The number of phenolic OH excluding ortho intramolecular Hbond substituents is 1. The van der Waals surface area contributed by atoms with Crippen molar-refractivity contribution in [2.45, 2.75) is 57.2 Å². The molecule has 0 heterocycles. The molecule has 4 bridgehead atoms. The highest BCUT2D eigenvalue weighted by atomic mass is 16.7. The number of hydrogen-bond acceptors (Lipinski definition) is 4. The van der Waals surface area contributed by atoms with Crippen LogP contribution in [0.5, 0.6) is 11.5 Å². The van der Waals surface area contributed by atoms with Crippen molar-refractivity contribution >= 4 is 0 Å². The highest BCUT2D eigenvalue weighted by molar-refractivity contribution is 5.61. The summed E-state index contributed by atoms with van der Waals surface area (Å²) in [7, 11) is 1.61. The molecule has 0 aromatic heterocycles. The van der Waals surface area contributed by atoms with Gasteiger partial charge in [-0.25, -0.2) is 0 Å². The second-order valence-corrected chi connectivity index (χ2v) is 9.88. The fraction of sp³-hybridized carbons (Fsp3) is 0.500. The van der Waals surface area contributed by atoms with Crippen LogP contribution in [-0.2, 0) is 14.9 Å². The lowest BCUT2D eigenvalue weighted by atomic mass is 9.48. The lowest BCUT2D eigenvalue weighted by Crippen LogP contribution is -2.48. The minimum absolute atomic E-state index is 0.0534. The van der Waals surface area contributed by atoms with Crippen LogP contribution >= 0.6 is 0 Å². The zero-order valence-corrected chi connectivity index (χ0v) is 19.0. The Bertz CT molecular complexity index is 982. The predicted octanol–water partition coefficient (Wildman–Crippen LogP) is 5.61. The van der Waals surface area contributed by atoms with Crippen molar-refractivity contribution in [3.05, 3.63) is 59.2 Å². The minimum atomic E-state index is -0.367. The largest absolute Gasteiger partial charge is 0.507 e. The molecule has 32 heavy (non-hydrogen) atoms. The number of benzene rings is 2. The Morgan fingerprint density at radius 3 is 2.25 bits per heavy atom. The Kier molecular flexibility index (Phi) is 5.88. The van der Waals surface area contributed by atoms with Gasteiger partial charge in [-0.1, -0.05) is 36.1 Å². The third-order valence-electron chi connectivity index (χ3n) is 7.69. The molecule has 0 spiro atoms. The molecule has 0 aliphatic heterocycles. The maximum absolute atomic E-state index is 10.8. The van der Waals surface area contributed by atoms with Gasteiger partial charge in [-0.3, -0.25) is 0 Å². The molecule has 4 nitrogen and oxygen atoms in total. The molecule has 4 fully saturated rings. The molecule has 4 saturated carbocycles. The zero-order chi connectivity index (χ0) is 22.1. The number of rotatable bonds is 6. The molecular formula is C28H32O4. The molecule has 2 aromatic rings. The normalized spacial score (nSPS) is 28.8. The number of hydrogen-bond donors (Lipinski definition) is 1. The van der Waals surface area contributed by atoms with Crippen LogP contribution in [0.1, 0.15) is 62.1 Å². The van der Waals surface area contributed by atoms with E-state index in [1.54, 1.807) is 13.2 Å². The Labute approximate surface area is 190 Å². The van der Waals surface area contributed by atoms with E-state index in [1.807, 2.05) is 37.3 Å². The zero-order valence-electron chi connectivity index (χ0n) is 19.0. The van der Waals surface area contributed by atoms with E-state index in [9.17, 15) is 5.11 Å². The number of phenols is 1. The van der Waals surface area contributed by atoms with Gasteiger partial charge in [0, 0.05) is 18.2 Å². The van der Waals surface area contributed by atoms with E-state index in [-0.39, 0.29) is 24.2 Å². The number of ether oxygens (including phenoxy) is 3. The Morgan fingerprint density at radius 1 is 0.969 bits per heavy atom. The third-order valence-corrected chi connectivity index (χ3v) is 7.69. The average Bonchev–Trinajstić information content (AvgIpc) is 2.78. The summed E-state index contributed by atoms with van der Waals surface area (Å²) in [6.07, 6.45) is 7.39. The van der Waals surface area contributed by atoms with Crippen LogP contribution in [0.25, 0.3) is 0 Å². The van der Waals surface area contributed by atoms with Crippen LogP contribution in [0.2, 0.25) is 0 Å². The van der Waals surface area contributed by atoms with Crippen molar-refractivity contribution in [2.24, 2.45) is 17.8 Å². The summed E-state index contributed by atoms with van der Waals surface area (Å²) in [5.41, 5.74) is 2.77. The molecule has 1 atom stereocenters. The summed E-state index contributed by atoms with van der Waals surface area (Å²) >= 11 is 0. The summed E-state index contributed by atoms with van der Waals surface area (Å²) < 4.78 is 17.1. The Hall–Kier alpha value is -2.48. The maximum atomic E-state index is 10.8. The van der Waals surface area contributed by atoms with E-state index in [0.29, 0.717) is 11.3 Å². The number of methoxy groups -OCH3 is 1. The summed E-state index contributed by atoms with van der Waals surface area (Å²) in [5.74, 6) is 9.67. The molecule has 168 valence electrons. The van der Waals surface area contributed by atoms with Crippen LogP contribution in [0, 0.1) is 29.6 Å². The van der Waals surface area contributed by atoms with Crippen LogP contribution in [0.4, 0.5) is 0 Å². The van der Waals surface area contributed by atoms with Gasteiger partial charge in [-0.15, -0.1) is 0 Å². The van der Waals surface area contributed by atoms with Crippen LogP contribution in [-0.4, -0.2) is 25.3 Å². The van der Waals surface area contributed by atoms with Gasteiger partial charge in [0.25, 0.3) is 0 Å². The molecule has 4 heteroatoms. The fourth-order valence-electron chi connectivity index (χ4n) is 6.61. The summed E-state index contributed by atoms with van der Waals surface area (Å²) in [6, 6.07) is 13.7. The van der Waals surface area contributed by atoms with E-state index >= 15 is 0 Å². The lowest BCUT2D eigenvalue weighted by molar-refractivity contribution is -0.150. The summed E-state index contributed by atoms with van der Waals surface area (Å²) in [6.45, 7) is 1.89. The molecular weight excluding hydrogens is 400 g/mol. The lowest BCUT2D eigenvalue weighted by Gasteiger charge is -2.57. The van der Waals surface area contributed by atoms with Crippen molar-refractivity contribution in [1.29, 1.82) is 0 Å². The van der Waals surface area contributed by atoms with Gasteiger partial charge < -0.3 is 19.3 Å². The van der Waals surface area contributed by atoms with Crippen molar-refractivity contribution in [1.82, 2.24) is 0 Å². The molecule has 2 aromatic carbocycles. The van der Waals surface area contributed by atoms with Crippen LogP contribution in [0.15, 0.2) is 42.5 Å².